The van der Waals surface area contributed by atoms with Crippen molar-refractivity contribution in [1.82, 2.24) is 0 Å². The maximum Gasteiger partial charge on any atom is 0.128 e. The van der Waals surface area contributed by atoms with Gasteiger partial charge in [-0.25, -0.2) is 0 Å². The summed E-state index contributed by atoms with van der Waals surface area (Å²) in [6, 6.07) is 4.08. The number of rotatable bonds is 4. The lowest BCUT2D eigenvalue weighted by Gasteiger charge is -2.18. The molecule has 0 atom stereocenters. The van der Waals surface area contributed by atoms with Crippen LogP contribution in [0.15, 0.2) is 17.1 Å². The fourth-order valence-electron chi connectivity index (χ4n) is 2.78. The van der Waals surface area contributed by atoms with Crippen LogP contribution in [0, 0.1) is 0 Å². The first-order chi connectivity index (χ1) is 9.61. The van der Waals surface area contributed by atoms with Crippen molar-refractivity contribution < 1.29 is 9.84 Å². The summed E-state index contributed by atoms with van der Waals surface area (Å²) >= 11 is 0. The number of phenols is 1. The van der Waals surface area contributed by atoms with Crippen molar-refractivity contribution >= 4 is 6.21 Å². The summed E-state index contributed by atoms with van der Waals surface area (Å²) in [7, 11) is 1.62. The first kappa shape index (κ1) is 14.9. The zero-order valence-corrected chi connectivity index (χ0v) is 12.7. The SMILES string of the molecule is COc1cc(O)c(C=NC2CCCCC2)c(C(C)C)c1. The van der Waals surface area contributed by atoms with E-state index in [2.05, 4.69) is 18.8 Å². The van der Waals surface area contributed by atoms with Crippen LogP contribution in [-0.2, 0) is 0 Å². The van der Waals surface area contributed by atoms with E-state index in [0.29, 0.717) is 17.7 Å². The second kappa shape index (κ2) is 6.78. The average molecular weight is 275 g/mol. The third-order valence-electron chi connectivity index (χ3n) is 4.01. The lowest BCUT2D eigenvalue weighted by Crippen LogP contribution is -2.10. The third kappa shape index (κ3) is 3.53. The van der Waals surface area contributed by atoms with E-state index >= 15 is 0 Å². The number of aliphatic imine (C=N–C) groups is 1. The highest BCUT2D eigenvalue weighted by Crippen LogP contribution is 2.31. The van der Waals surface area contributed by atoms with Crippen LogP contribution in [0.1, 0.15) is 63.0 Å². The van der Waals surface area contributed by atoms with Gasteiger partial charge in [0.1, 0.15) is 11.5 Å². The molecule has 0 radical (unpaired) electrons. The highest BCUT2D eigenvalue weighted by atomic mass is 16.5. The van der Waals surface area contributed by atoms with Crippen LogP contribution in [-0.4, -0.2) is 24.5 Å². The monoisotopic (exact) mass is 275 g/mol. The highest BCUT2D eigenvalue weighted by Gasteiger charge is 2.14. The van der Waals surface area contributed by atoms with Gasteiger partial charge in [-0.05, 0) is 30.4 Å². The summed E-state index contributed by atoms with van der Waals surface area (Å²) in [4.78, 5) is 4.69. The van der Waals surface area contributed by atoms with Crippen molar-refractivity contribution in [3.05, 3.63) is 23.3 Å². The van der Waals surface area contributed by atoms with Crippen LogP contribution in [0.4, 0.5) is 0 Å². The molecule has 0 heterocycles. The molecule has 1 fully saturated rings. The summed E-state index contributed by atoms with van der Waals surface area (Å²) in [6.07, 6.45) is 8.08. The van der Waals surface area contributed by atoms with Gasteiger partial charge >= 0.3 is 0 Å². The van der Waals surface area contributed by atoms with E-state index in [1.54, 1.807) is 13.2 Å². The molecule has 0 amide bonds. The summed E-state index contributed by atoms with van der Waals surface area (Å²) < 4.78 is 5.23. The minimum Gasteiger partial charge on any atom is -0.507 e. The molecular weight excluding hydrogens is 250 g/mol. The molecule has 0 bridgehead atoms. The third-order valence-corrected chi connectivity index (χ3v) is 4.01. The van der Waals surface area contributed by atoms with Crippen molar-refractivity contribution in [2.75, 3.05) is 7.11 Å². The molecule has 0 spiro atoms. The lowest BCUT2D eigenvalue weighted by molar-refractivity contribution is 0.406. The van der Waals surface area contributed by atoms with Gasteiger partial charge in [0.2, 0.25) is 0 Å². The second-order valence-corrected chi connectivity index (χ2v) is 5.87. The fourth-order valence-corrected chi connectivity index (χ4v) is 2.78. The zero-order chi connectivity index (χ0) is 14.5. The molecule has 1 N–H and O–H groups in total. The van der Waals surface area contributed by atoms with E-state index < -0.39 is 0 Å². The van der Waals surface area contributed by atoms with Crippen molar-refractivity contribution in [3.8, 4) is 11.5 Å². The van der Waals surface area contributed by atoms with Gasteiger partial charge < -0.3 is 9.84 Å². The minimum atomic E-state index is 0.257. The Kier molecular flexibility index (Phi) is 5.05. The Morgan fingerprint density at radius 1 is 1.25 bits per heavy atom. The molecule has 1 aromatic rings. The standard InChI is InChI=1S/C17H25NO2/c1-12(2)15-9-14(20-3)10-17(19)16(15)11-18-13-7-5-4-6-8-13/h9-13,19H,4-8H2,1-3H3. The van der Waals surface area contributed by atoms with E-state index in [1.807, 2.05) is 12.3 Å². The van der Waals surface area contributed by atoms with Gasteiger partial charge in [0, 0.05) is 23.9 Å². The fraction of sp³-hybridized carbons (Fsp3) is 0.588. The molecule has 0 saturated heterocycles. The Labute approximate surface area is 121 Å². The van der Waals surface area contributed by atoms with Gasteiger partial charge in [-0.2, -0.15) is 0 Å². The molecule has 20 heavy (non-hydrogen) atoms. The zero-order valence-electron chi connectivity index (χ0n) is 12.7. The van der Waals surface area contributed by atoms with Crippen molar-refractivity contribution in [2.45, 2.75) is 57.9 Å². The number of methoxy groups -OCH3 is 1. The number of phenolic OH excluding ortho intramolecular Hbond substituents is 1. The van der Waals surface area contributed by atoms with E-state index in [-0.39, 0.29) is 5.75 Å². The maximum absolute atomic E-state index is 10.2. The summed E-state index contributed by atoms with van der Waals surface area (Å²) in [5, 5.41) is 10.2. The van der Waals surface area contributed by atoms with Crippen LogP contribution in [0.3, 0.4) is 0 Å². The number of hydrogen-bond donors (Lipinski definition) is 1. The molecule has 1 aliphatic rings. The molecule has 2 rings (SSSR count). The molecule has 110 valence electrons. The smallest absolute Gasteiger partial charge is 0.128 e. The predicted molar refractivity (Wildman–Crippen MR) is 83.2 cm³/mol. The van der Waals surface area contributed by atoms with Gasteiger partial charge in [0.15, 0.2) is 0 Å². The number of nitrogens with zero attached hydrogens (tertiary/aromatic N) is 1. The quantitative estimate of drug-likeness (QED) is 0.833. The Balaban J connectivity index is 2.27. The van der Waals surface area contributed by atoms with Crippen LogP contribution in [0.5, 0.6) is 11.5 Å². The number of hydrogen-bond acceptors (Lipinski definition) is 3. The lowest BCUT2D eigenvalue weighted by atomic mass is 9.95. The maximum atomic E-state index is 10.2. The van der Waals surface area contributed by atoms with Gasteiger partial charge in [0.05, 0.1) is 7.11 Å². The number of ether oxygens (including phenoxy) is 1. The summed E-state index contributed by atoms with van der Waals surface area (Å²) in [5.74, 6) is 1.28. The van der Waals surface area contributed by atoms with Gasteiger partial charge in [-0.3, -0.25) is 4.99 Å². The number of benzene rings is 1. The Morgan fingerprint density at radius 2 is 1.95 bits per heavy atom. The minimum absolute atomic E-state index is 0.257. The largest absolute Gasteiger partial charge is 0.507 e. The first-order valence-electron chi connectivity index (χ1n) is 7.56. The number of aromatic hydroxyl groups is 1. The van der Waals surface area contributed by atoms with Crippen LogP contribution < -0.4 is 4.74 Å². The normalized spacial score (nSPS) is 17.0. The molecule has 3 heteroatoms. The topological polar surface area (TPSA) is 41.8 Å². The van der Waals surface area contributed by atoms with Crippen LogP contribution in [0.25, 0.3) is 0 Å². The van der Waals surface area contributed by atoms with Gasteiger partial charge in [0.25, 0.3) is 0 Å². The summed E-state index contributed by atoms with van der Waals surface area (Å²) in [6.45, 7) is 4.23. The summed E-state index contributed by atoms with van der Waals surface area (Å²) in [5.41, 5.74) is 1.92. The Morgan fingerprint density at radius 3 is 2.55 bits per heavy atom. The first-order valence-corrected chi connectivity index (χ1v) is 7.56. The molecule has 1 saturated carbocycles. The molecule has 1 aliphatic carbocycles. The van der Waals surface area contributed by atoms with E-state index in [1.165, 1.54) is 32.1 Å². The average Bonchev–Trinajstić information content (AvgIpc) is 2.46. The van der Waals surface area contributed by atoms with Crippen molar-refractivity contribution in [2.24, 2.45) is 4.99 Å². The Bertz CT molecular complexity index is 474. The van der Waals surface area contributed by atoms with E-state index in [4.69, 9.17) is 4.74 Å². The molecule has 1 aromatic carbocycles. The van der Waals surface area contributed by atoms with E-state index in [9.17, 15) is 5.11 Å². The van der Waals surface area contributed by atoms with Crippen molar-refractivity contribution in [3.63, 3.8) is 0 Å². The van der Waals surface area contributed by atoms with E-state index in [0.717, 1.165) is 11.1 Å². The molecular formula is C17H25NO2. The van der Waals surface area contributed by atoms with Crippen LogP contribution in [0.2, 0.25) is 0 Å². The molecule has 3 nitrogen and oxygen atoms in total. The molecule has 0 aromatic heterocycles. The predicted octanol–water partition coefficient (Wildman–Crippen LogP) is 4.28. The van der Waals surface area contributed by atoms with Crippen LogP contribution >= 0.6 is 0 Å². The second-order valence-electron chi connectivity index (χ2n) is 5.87. The van der Waals surface area contributed by atoms with Crippen molar-refractivity contribution in [1.29, 1.82) is 0 Å². The van der Waals surface area contributed by atoms with Gasteiger partial charge in [-0.1, -0.05) is 33.1 Å². The molecule has 0 aliphatic heterocycles. The molecule has 0 unspecified atom stereocenters. The highest BCUT2D eigenvalue weighted by molar-refractivity contribution is 5.86. The Hall–Kier alpha value is -1.51. The van der Waals surface area contributed by atoms with Gasteiger partial charge in [-0.15, -0.1) is 0 Å².